The minimum atomic E-state index is -0.163. The summed E-state index contributed by atoms with van der Waals surface area (Å²) in [6, 6.07) is 7.76. The quantitative estimate of drug-likeness (QED) is 0.913. The first-order valence-electron chi connectivity index (χ1n) is 7.18. The Morgan fingerprint density at radius 2 is 1.95 bits per heavy atom. The van der Waals surface area contributed by atoms with Gasteiger partial charge in [0.1, 0.15) is 5.82 Å². The van der Waals surface area contributed by atoms with Crippen molar-refractivity contribution in [3.8, 4) is 0 Å². The number of hydrogen-bond donors (Lipinski definition) is 1. The van der Waals surface area contributed by atoms with E-state index in [-0.39, 0.29) is 5.82 Å². The Morgan fingerprint density at radius 1 is 1.25 bits per heavy atom. The molecule has 106 valence electrons. The van der Waals surface area contributed by atoms with Gasteiger partial charge in [-0.25, -0.2) is 4.39 Å². The first-order valence-corrected chi connectivity index (χ1v) is 7.18. The number of rotatable bonds is 4. The fourth-order valence-electron chi connectivity index (χ4n) is 2.67. The molecule has 0 saturated heterocycles. The van der Waals surface area contributed by atoms with Crippen LogP contribution >= 0.6 is 0 Å². The monoisotopic (exact) mass is 273 g/mol. The Balaban J connectivity index is 1.54. The molecule has 0 spiro atoms. The van der Waals surface area contributed by atoms with Crippen molar-refractivity contribution < 1.29 is 4.39 Å². The van der Waals surface area contributed by atoms with Gasteiger partial charge in [-0.15, -0.1) is 0 Å². The first kappa shape index (κ1) is 13.2. The summed E-state index contributed by atoms with van der Waals surface area (Å²) in [5, 5.41) is 7.83. The van der Waals surface area contributed by atoms with Crippen LogP contribution < -0.4 is 5.32 Å². The van der Waals surface area contributed by atoms with Crippen molar-refractivity contribution in [3.05, 3.63) is 48.0 Å². The molecule has 1 aromatic heterocycles. The van der Waals surface area contributed by atoms with Crippen molar-refractivity contribution in [2.24, 2.45) is 0 Å². The number of halogens is 1. The summed E-state index contributed by atoms with van der Waals surface area (Å²) in [6.45, 7) is 4.23. The first-order chi connectivity index (χ1) is 9.61. The molecular weight excluding hydrogens is 253 g/mol. The maximum absolute atomic E-state index is 12.9. The minimum Gasteiger partial charge on any atom is -0.380 e. The molecule has 0 atom stereocenters. The van der Waals surface area contributed by atoms with Gasteiger partial charge in [0.2, 0.25) is 0 Å². The second-order valence-corrected chi connectivity index (χ2v) is 5.86. The number of benzene rings is 1. The second-order valence-electron chi connectivity index (χ2n) is 5.86. The fraction of sp³-hybridized carbons (Fsp3) is 0.438. The van der Waals surface area contributed by atoms with E-state index in [1.807, 2.05) is 23.0 Å². The van der Waals surface area contributed by atoms with Crippen molar-refractivity contribution in [2.75, 3.05) is 5.32 Å². The van der Waals surface area contributed by atoms with E-state index in [0.717, 1.165) is 18.5 Å². The van der Waals surface area contributed by atoms with E-state index in [4.69, 9.17) is 0 Å². The molecule has 1 saturated carbocycles. The van der Waals surface area contributed by atoms with E-state index >= 15 is 0 Å². The number of nitrogens with zero attached hydrogens (tertiary/aromatic N) is 2. The molecule has 1 aliphatic rings. The van der Waals surface area contributed by atoms with Crippen molar-refractivity contribution in [3.63, 3.8) is 0 Å². The Morgan fingerprint density at radius 3 is 2.55 bits per heavy atom. The van der Waals surface area contributed by atoms with Gasteiger partial charge in [-0.3, -0.25) is 4.68 Å². The highest BCUT2D eigenvalue weighted by molar-refractivity contribution is 5.41. The Kier molecular flexibility index (Phi) is 3.47. The zero-order chi connectivity index (χ0) is 14.1. The molecular formula is C16H20FN3. The molecule has 0 bridgehead atoms. The molecule has 3 rings (SSSR count). The second kappa shape index (κ2) is 5.27. The van der Waals surface area contributed by atoms with Crippen LogP contribution in [0.3, 0.4) is 0 Å². The van der Waals surface area contributed by atoms with Crippen LogP contribution in [0.15, 0.2) is 36.7 Å². The van der Waals surface area contributed by atoms with Crippen LogP contribution in [0.25, 0.3) is 0 Å². The molecule has 20 heavy (non-hydrogen) atoms. The maximum atomic E-state index is 12.9. The zero-order valence-corrected chi connectivity index (χ0v) is 11.9. The molecule has 0 aliphatic heterocycles. The third-order valence-electron chi connectivity index (χ3n) is 3.98. The summed E-state index contributed by atoms with van der Waals surface area (Å²) < 4.78 is 14.8. The van der Waals surface area contributed by atoms with Gasteiger partial charge in [0, 0.05) is 18.3 Å². The zero-order valence-electron chi connectivity index (χ0n) is 11.9. The molecule has 3 nitrogen and oxygen atoms in total. The van der Waals surface area contributed by atoms with Crippen LogP contribution in [-0.2, 0) is 0 Å². The van der Waals surface area contributed by atoms with E-state index in [1.54, 1.807) is 12.1 Å². The summed E-state index contributed by atoms with van der Waals surface area (Å²) in [5.74, 6) is 0.386. The lowest BCUT2D eigenvalue weighted by atomic mass is 9.76. The summed E-state index contributed by atoms with van der Waals surface area (Å²) in [4.78, 5) is 0. The Bertz CT molecular complexity index is 568. The lowest BCUT2D eigenvalue weighted by molar-refractivity contribution is 0.374. The third kappa shape index (κ3) is 2.69. The average molecular weight is 273 g/mol. The van der Waals surface area contributed by atoms with Gasteiger partial charge in [0.25, 0.3) is 0 Å². The Hall–Kier alpha value is -1.84. The maximum Gasteiger partial charge on any atom is 0.123 e. The lowest BCUT2D eigenvalue weighted by Gasteiger charge is -2.36. The average Bonchev–Trinajstić information content (AvgIpc) is 2.83. The molecule has 1 fully saturated rings. The van der Waals surface area contributed by atoms with Gasteiger partial charge < -0.3 is 5.32 Å². The molecule has 0 amide bonds. The van der Waals surface area contributed by atoms with E-state index in [0.29, 0.717) is 18.0 Å². The standard InChI is InChI=1S/C16H20FN3/c1-11(2)20-10-16(9-18-20)19-15-7-13(8-15)12-3-5-14(17)6-4-12/h3-6,9-11,13,15,19H,7-8H2,1-2H3. The number of aromatic nitrogens is 2. The highest BCUT2D eigenvalue weighted by atomic mass is 19.1. The van der Waals surface area contributed by atoms with Crippen LogP contribution in [0.1, 0.15) is 44.2 Å². The lowest BCUT2D eigenvalue weighted by Crippen LogP contribution is -2.33. The van der Waals surface area contributed by atoms with Crippen LogP contribution in [0.2, 0.25) is 0 Å². The summed E-state index contributed by atoms with van der Waals surface area (Å²) in [7, 11) is 0. The summed E-state index contributed by atoms with van der Waals surface area (Å²) in [6.07, 6.45) is 6.12. The van der Waals surface area contributed by atoms with Gasteiger partial charge in [0.05, 0.1) is 11.9 Å². The van der Waals surface area contributed by atoms with Crippen LogP contribution in [0, 0.1) is 5.82 Å². The largest absolute Gasteiger partial charge is 0.380 e. The highest BCUT2D eigenvalue weighted by Crippen LogP contribution is 2.38. The molecule has 4 heteroatoms. The summed E-state index contributed by atoms with van der Waals surface area (Å²) in [5.41, 5.74) is 2.32. The normalized spacial score (nSPS) is 21.8. The number of anilines is 1. The predicted octanol–water partition coefficient (Wildman–Crippen LogP) is 3.96. The minimum absolute atomic E-state index is 0.163. The fourth-order valence-corrected chi connectivity index (χ4v) is 2.67. The van der Waals surface area contributed by atoms with E-state index in [1.165, 1.54) is 5.56 Å². The van der Waals surface area contributed by atoms with Gasteiger partial charge in [-0.1, -0.05) is 12.1 Å². The van der Waals surface area contributed by atoms with Gasteiger partial charge in [0.15, 0.2) is 0 Å². The highest BCUT2D eigenvalue weighted by Gasteiger charge is 2.30. The van der Waals surface area contributed by atoms with E-state index < -0.39 is 0 Å². The van der Waals surface area contributed by atoms with E-state index in [2.05, 4.69) is 30.5 Å². The van der Waals surface area contributed by atoms with Crippen LogP contribution in [0.5, 0.6) is 0 Å². The molecule has 2 aromatic rings. The van der Waals surface area contributed by atoms with Crippen molar-refractivity contribution in [2.45, 2.75) is 44.7 Å². The van der Waals surface area contributed by atoms with Gasteiger partial charge in [-0.2, -0.15) is 5.10 Å². The van der Waals surface area contributed by atoms with Gasteiger partial charge >= 0.3 is 0 Å². The molecule has 1 N–H and O–H groups in total. The van der Waals surface area contributed by atoms with Crippen LogP contribution in [0.4, 0.5) is 10.1 Å². The van der Waals surface area contributed by atoms with Crippen molar-refractivity contribution >= 4 is 5.69 Å². The topological polar surface area (TPSA) is 29.9 Å². The van der Waals surface area contributed by atoms with Crippen molar-refractivity contribution in [1.82, 2.24) is 9.78 Å². The molecule has 1 heterocycles. The molecule has 0 unspecified atom stereocenters. The SMILES string of the molecule is CC(C)n1cc(NC2CC(c3ccc(F)cc3)C2)cn1. The smallest absolute Gasteiger partial charge is 0.123 e. The molecule has 1 aliphatic carbocycles. The number of nitrogens with one attached hydrogen (secondary N) is 1. The van der Waals surface area contributed by atoms with Gasteiger partial charge in [-0.05, 0) is 50.3 Å². The molecule has 0 radical (unpaired) electrons. The Labute approximate surface area is 118 Å². The summed E-state index contributed by atoms with van der Waals surface area (Å²) >= 11 is 0. The third-order valence-corrected chi connectivity index (χ3v) is 3.98. The van der Waals surface area contributed by atoms with Crippen LogP contribution in [-0.4, -0.2) is 15.8 Å². The van der Waals surface area contributed by atoms with Crippen molar-refractivity contribution in [1.29, 1.82) is 0 Å². The number of hydrogen-bond acceptors (Lipinski definition) is 2. The van der Waals surface area contributed by atoms with E-state index in [9.17, 15) is 4.39 Å². The molecule has 1 aromatic carbocycles. The predicted molar refractivity (Wildman–Crippen MR) is 78.4 cm³/mol.